The predicted molar refractivity (Wildman–Crippen MR) is 137 cm³/mol. The fourth-order valence-electron chi connectivity index (χ4n) is 3.15. The van der Waals surface area contributed by atoms with Crippen molar-refractivity contribution in [3.8, 4) is 0 Å². The molecule has 31 heavy (non-hydrogen) atoms. The second-order valence-electron chi connectivity index (χ2n) is 12.5. The molecule has 0 N–H and O–H groups in total. The van der Waals surface area contributed by atoms with Gasteiger partial charge in [-0.2, -0.15) is 0 Å². The Morgan fingerprint density at radius 3 is 1.71 bits per heavy atom. The second kappa shape index (κ2) is 11.3. The highest BCUT2D eigenvalue weighted by Crippen LogP contribution is 2.41. The Hall–Kier alpha value is -0.216. The normalized spacial score (nSPS) is 17.8. The van der Waals surface area contributed by atoms with E-state index in [1.807, 2.05) is 6.92 Å². The summed E-state index contributed by atoms with van der Waals surface area (Å²) >= 11 is 0. The van der Waals surface area contributed by atoms with Gasteiger partial charge in [-0.15, -0.1) is 0 Å². The van der Waals surface area contributed by atoms with Crippen LogP contribution in [-0.4, -0.2) is 54.5 Å². The van der Waals surface area contributed by atoms with Crippen LogP contribution in [0.25, 0.3) is 0 Å². The summed E-state index contributed by atoms with van der Waals surface area (Å²) in [5.41, 5.74) is 0. The number of carbonyl (C=O) groups excluding carboxylic acids is 1. The summed E-state index contributed by atoms with van der Waals surface area (Å²) in [6.07, 6.45) is 0.810. The average molecular weight is 476 g/mol. The summed E-state index contributed by atoms with van der Waals surface area (Å²) < 4.78 is 13.5. The van der Waals surface area contributed by atoms with E-state index in [-0.39, 0.29) is 39.8 Å². The molecular formula is C24H53NO4Si2. The van der Waals surface area contributed by atoms with Crippen LogP contribution in [0.5, 0.6) is 0 Å². The Morgan fingerprint density at radius 2 is 1.32 bits per heavy atom. The highest BCUT2D eigenvalue weighted by Gasteiger charge is 2.43. The van der Waals surface area contributed by atoms with E-state index in [1.165, 1.54) is 12.2 Å². The van der Waals surface area contributed by atoms with Gasteiger partial charge in [0.15, 0.2) is 16.6 Å². The van der Waals surface area contributed by atoms with Gasteiger partial charge in [-0.25, -0.2) is 5.06 Å². The Labute approximate surface area is 195 Å². The first kappa shape index (κ1) is 30.8. The summed E-state index contributed by atoms with van der Waals surface area (Å²) in [4.78, 5) is 17.7. The molecule has 186 valence electrons. The summed E-state index contributed by atoms with van der Waals surface area (Å²) in [7, 11) is -0.616. The van der Waals surface area contributed by atoms with E-state index in [0.29, 0.717) is 6.61 Å². The molecule has 0 radical (unpaired) electrons. The van der Waals surface area contributed by atoms with Crippen molar-refractivity contribution in [2.45, 2.75) is 111 Å². The molecule has 0 unspecified atom stereocenters. The van der Waals surface area contributed by atoms with E-state index >= 15 is 0 Å². The number of hydrogen-bond acceptors (Lipinski definition) is 4. The SMILES string of the molecule is CON(C)C(=O)[C@H](C)C[C@H](C)[C@H](O[Si](C)(C)C(C)(C)C)[C@@H](C)CO[Si](C)(C)C(C)(C)C. The molecular weight excluding hydrogens is 422 g/mol. The third kappa shape index (κ3) is 8.91. The van der Waals surface area contributed by atoms with Crippen LogP contribution < -0.4 is 0 Å². The van der Waals surface area contributed by atoms with Crippen LogP contribution >= 0.6 is 0 Å². The number of hydrogen-bond donors (Lipinski definition) is 0. The molecule has 0 spiro atoms. The maximum absolute atomic E-state index is 12.6. The van der Waals surface area contributed by atoms with Gasteiger partial charge in [0.1, 0.15) is 0 Å². The van der Waals surface area contributed by atoms with E-state index < -0.39 is 16.6 Å². The molecule has 4 atom stereocenters. The molecule has 0 aromatic heterocycles. The van der Waals surface area contributed by atoms with Crippen molar-refractivity contribution >= 4 is 22.5 Å². The molecule has 0 heterocycles. The lowest BCUT2D eigenvalue weighted by atomic mass is 9.87. The van der Waals surface area contributed by atoms with Crippen molar-refractivity contribution in [1.29, 1.82) is 0 Å². The van der Waals surface area contributed by atoms with Crippen molar-refractivity contribution in [3.05, 3.63) is 0 Å². The van der Waals surface area contributed by atoms with Crippen LogP contribution in [0.1, 0.15) is 68.7 Å². The van der Waals surface area contributed by atoms with Crippen molar-refractivity contribution in [1.82, 2.24) is 5.06 Å². The highest BCUT2D eigenvalue weighted by atomic mass is 28.4. The van der Waals surface area contributed by atoms with Gasteiger partial charge in [0.25, 0.3) is 0 Å². The Bertz CT molecular complexity index is 567. The molecule has 0 aromatic rings. The molecule has 0 saturated heterocycles. The van der Waals surface area contributed by atoms with Gasteiger partial charge >= 0.3 is 0 Å². The summed E-state index contributed by atoms with van der Waals surface area (Å²) in [6.45, 7) is 30.0. The quantitative estimate of drug-likeness (QED) is 0.246. The van der Waals surface area contributed by atoms with Crippen LogP contribution in [0.15, 0.2) is 0 Å². The van der Waals surface area contributed by atoms with Crippen LogP contribution in [0.2, 0.25) is 36.3 Å². The molecule has 0 bridgehead atoms. The maximum atomic E-state index is 12.6. The Balaban J connectivity index is 5.62. The predicted octanol–water partition coefficient (Wildman–Crippen LogP) is 6.72. The third-order valence-electron chi connectivity index (χ3n) is 7.60. The first-order valence-electron chi connectivity index (χ1n) is 11.8. The first-order valence-corrected chi connectivity index (χ1v) is 17.6. The number of rotatable bonds is 11. The molecule has 0 aromatic carbocycles. The minimum absolute atomic E-state index is 0.00519. The number of carbonyl (C=O) groups is 1. The maximum Gasteiger partial charge on any atom is 0.248 e. The Kier molecular flexibility index (Phi) is 11.2. The molecule has 0 fully saturated rings. The molecule has 0 saturated carbocycles. The standard InChI is InChI=1S/C24H53NO4Si2/c1-18(16-19(2)22(26)25(10)27-11)21(29-31(14,15)24(7,8)9)20(3)17-28-30(12,13)23(4,5)6/h18-21H,16-17H2,1-15H3/t18-,19+,20-,21-/m0/s1. The van der Waals surface area contributed by atoms with E-state index in [4.69, 9.17) is 13.7 Å². The average Bonchev–Trinajstić information content (AvgIpc) is 2.60. The van der Waals surface area contributed by atoms with Crippen LogP contribution in [0.3, 0.4) is 0 Å². The molecule has 1 amide bonds. The monoisotopic (exact) mass is 475 g/mol. The Morgan fingerprint density at radius 1 is 0.871 bits per heavy atom. The highest BCUT2D eigenvalue weighted by molar-refractivity contribution is 6.74. The molecule has 7 heteroatoms. The topological polar surface area (TPSA) is 48.0 Å². The molecule has 0 aliphatic heterocycles. The fourth-order valence-corrected chi connectivity index (χ4v) is 5.77. The first-order chi connectivity index (χ1) is 13.7. The summed E-state index contributed by atoms with van der Waals surface area (Å²) in [6, 6.07) is 0. The van der Waals surface area contributed by atoms with Gasteiger partial charge in [-0.3, -0.25) is 9.63 Å². The van der Waals surface area contributed by atoms with Gasteiger partial charge in [-0.1, -0.05) is 62.3 Å². The minimum Gasteiger partial charge on any atom is -0.416 e. The van der Waals surface area contributed by atoms with Crippen molar-refractivity contribution < 1.29 is 18.5 Å². The van der Waals surface area contributed by atoms with Crippen LogP contribution in [0, 0.1) is 17.8 Å². The number of hydroxylamine groups is 2. The van der Waals surface area contributed by atoms with Crippen LogP contribution in [-0.2, 0) is 18.5 Å². The zero-order valence-corrected chi connectivity index (χ0v) is 25.3. The van der Waals surface area contributed by atoms with Crippen molar-refractivity contribution in [3.63, 3.8) is 0 Å². The zero-order chi connectivity index (χ0) is 25.0. The largest absolute Gasteiger partial charge is 0.416 e. The molecule has 5 nitrogen and oxygen atoms in total. The number of nitrogens with zero attached hydrogens (tertiary/aromatic N) is 1. The van der Waals surface area contributed by atoms with Gasteiger partial charge in [-0.05, 0) is 48.6 Å². The summed E-state index contributed by atoms with van der Waals surface area (Å²) in [5.74, 6) is 0.363. The van der Waals surface area contributed by atoms with Gasteiger partial charge in [0.05, 0.1) is 13.2 Å². The fraction of sp³-hybridized carbons (Fsp3) is 0.958. The van der Waals surface area contributed by atoms with Crippen molar-refractivity contribution in [2.24, 2.45) is 17.8 Å². The van der Waals surface area contributed by atoms with E-state index in [0.717, 1.165) is 6.42 Å². The van der Waals surface area contributed by atoms with Gasteiger partial charge in [0.2, 0.25) is 5.91 Å². The van der Waals surface area contributed by atoms with E-state index in [1.54, 1.807) is 7.05 Å². The lowest BCUT2D eigenvalue weighted by molar-refractivity contribution is -0.173. The molecule has 0 aliphatic carbocycles. The molecule has 0 rings (SSSR count). The third-order valence-corrected chi connectivity index (χ3v) is 16.6. The minimum atomic E-state index is -1.98. The zero-order valence-electron chi connectivity index (χ0n) is 23.3. The number of amides is 1. The van der Waals surface area contributed by atoms with Gasteiger partial charge in [0, 0.05) is 25.5 Å². The smallest absolute Gasteiger partial charge is 0.248 e. The lowest BCUT2D eigenvalue weighted by Gasteiger charge is -2.44. The van der Waals surface area contributed by atoms with Crippen molar-refractivity contribution in [2.75, 3.05) is 20.8 Å². The lowest BCUT2D eigenvalue weighted by Crippen LogP contribution is -2.49. The second-order valence-corrected chi connectivity index (χ2v) is 22.1. The van der Waals surface area contributed by atoms with Crippen LogP contribution in [0.4, 0.5) is 0 Å². The van der Waals surface area contributed by atoms with E-state index in [9.17, 15) is 4.79 Å². The summed E-state index contributed by atoms with van der Waals surface area (Å²) in [5, 5.41) is 1.63. The van der Waals surface area contributed by atoms with Gasteiger partial charge < -0.3 is 8.85 Å². The van der Waals surface area contributed by atoms with E-state index in [2.05, 4.69) is 81.6 Å². The molecule has 0 aliphatic rings.